The van der Waals surface area contributed by atoms with Crippen LogP contribution in [0.15, 0.2) is 23.2 Å². The summed E-state index contributed by atoms with van der Waals surface area (Å²) in [5, 5.41) is 3.45. The number of aliphatic imine (C=N–C) groups is 1. The molecule has 0 amide bonds. The number of hydrogen-bond acceptors (Lipinski definition) is 4. The molecule has 2 saturated heterocycles. The fraction of sp³-hybridized carbons (Fsp3) is 0.636. The van der Waals surface area contributed by atoms with Crippen LogP contribution in [-0.2, 0) is 16.0 Å². The van der Waals surface area contributed by atoms with E-state index in [0.29, 0.717) is 18.8 Å². The number of nitrogens with one attached hydrogen (secondary N) is 2. The van der Waals surface area contributed by atoms with Gasteiger partial charge in [-0.15, -0.1) is 0 Å². The molecule has 0 radical (unpaired) electrons. The van der Waals surface area contributed by atoms with Crippen molar-refractivity contribution >= 4 is 17.0 Å². The first kappa shape index (κ1) is 20.2. The lowest BCUT2D eigenvalue weighted by Gasteiger charge is -2.35. The number of imidazole rings is 1. The molecule has 0 saturated carbocycles. The average molecular weight is 400 g/mol. The first-order valence-electron chi connectivity index (χ1n) is 10.9. The molecule has 3 heterocycles. The van der Waals surface area contributed by atoms with Gasteiger partial charge in [0, 0.05) is 26.7 Å². The quantitative estimate of drug-likeness (QED) is 0.597. The predicted octanol–water partition coefficient (Wildman–Crippen LogP) is 3.00. The summed E-state index contributed by atoms with van der Waals surface area (Å²) in [5.74, 6) is 1.85. The number of aryl methyl sites for hydroxylation is 1. The molecule has 158 valence electrons. The molecule has 2 fully saturated rings. The Morgan fingerprint density at radius 1 is 1.31 bits per heavy atom. The van der Waals surface area contributed by atoms with Gasteiger partial charge in [-0.1, -0.05) is 6.07 Å². The molecule has 2 aromatic rings. The van der Waals surface area contributed by atoms with Crippen molar-refractivity contribution in [2.75, 3.05) is 33.4 Å². The normalized spacial score (nSPS) is 21.7. The van der Waals surface area contributed by atoms with Crippen LogP contribution in [0.25, 0.3) is 11.0 Å². The van der Waals surface area contributed by atoms with Crippen LogP contribution in [0.5, 0.6) is 0 Å². The lowest BCUT2D eigenvalue weighted by atomic mass is 10.1. The minimum absolute atomic E-state index is 0.295. The summed E-state index contributed by atoms with van der Waals surface area (Å²) in [4.78, 5) is 14.8. The zero-order valence-electron chi connectivity index (χ0n) is 17.6. The number of fused-ring (bicyclic) bond motifs is 1. The van der Waals surface area contributed by atoms with Crippen molar-refractivity contribution in [3.63, 3.8) is 0 Å². The molecule has 1 aromatic heterocycles. The summed E-state index contributed by atoms with van der Waals surface area (Å²) in [6.45, 7) is 6.26. The number of aromatic amines is 1. The zero-order chi connectivity index (χ0) is 20.1. The highest BCUT2D eigenvalue weighted by Crippen LogP contribution is 2.18. The molecular formula is C22H33N5O2. The number of likely N-dealkylation sites (tertiary alicyclic amines) is 1. The fourth-order valence-corrected chi connectivity index (χ4v) is 4.17. The average Bonchev–Trinajstić information content (AvgIpc) is 3.16. The van der Waals surface area contributed by atoms with Gasteiger partial charge >= 0.3 is 0 Å². The van der Waals surface area contributed by atoms with Gasteiger partial charge in [-0.05, 0) is 56.7 Å². The first-order chi connectivity index (χ1) is 14.2. The maximum Gasteiger partial charge on any atom is 0.194 e. The van der Waals surface area contributed by atoms with Crippen LogP contribution in [0.1, 0.15) is 43.5 Å². The van der Waals surface area contributed by atoms with E-state index in [4.69, 9.17) is 9.47 Å². The molecular weight excluding hydrogens is 366 g/mol. The second kappa shape index (κ2) is 9.59. The third-order valence-electron chi connectivity index (χ3n) is 5.85. The number of hydrogen-bond donors (Lipinski definition) is 2. The van der Waals surface area contributed by atoms with Crippen LogP contribution in [0.4, 0.5) is 0 Å². The van der Waals surface area contributed by atoms with Gasteiger partial charge < -0.3 is 24.7 Å². The summed E-state index contributed by atoms with van der Waals surface area (Å²) in [6.07, 6.45) is 6.26. The molecule has 0 aliphatic carbocycles. The van der Waals surface area contributed by atoms with Crippen LogP contribution in [0.3, 0.4) is 0 Å². The van der Waals surface area contributed by atoms with Gasteiger partial charge in [-0.2, -0.15) is 0 Å². The number of guanidine groups is 1. The molecule has 7 nitrogen and oxygen atoms in total. The molecule has 2 aliphatic heterocycles. The van der Waals surface area contributed by atoms with Gasteiger partial charge in [0.15, 0.2) is 5.96 Å². The van der Waals surface area contributed by atoms with E-state index in [9.17, 15) is 0 Å². The minimum atomic E-state index is 0.295. The van der Waals surface area contributed by atoms with Crippen molar-refractivity contribution in [2.24, 2.45) is 4.99 Å². The van der Waals surface area contributed by atoms with E-state index in [1.54, 1.807) is 0 Å². The van der Waals surface area contributed by atoms with E-state index in [1.165, 1.54) is 18.4 Å². The van der Waals surface area contributed by atoms with E-state index in [-0.39, 0.29) is 0 Å². The first-order valence-corrected chi connectivity index (χ1v) is 10.9. The van der Waals surface area contributed by atoms with E-state index in [1.807, 2.05) is 7.05 Å². The number of rotatable bonds is 5. The van der Waals surface area contributed by atoms with Gasteiger partial charge in [0.25, 0.3) is 0 Å². The summed E-state index contributed by atoms with van der Waals surface area (Å²) in [7, 11) is 1.84. The highest BCUT2D eigenvalue weighted by Gasteiger charge is 2.23. The SMILES string of the molecule is CN=C(NCc1nc2ccc(C)cc2[nH]1)N1CCC(OCC2CCCCO2)CC1. The number of piperidine rings is 1. The molecule has 2 aliphatic rings. The summed E-state index contributed by atoms with van der Waals surface area (Å²) >= 11 is 0. The molecule has 1 unspecified atom stereocenters. The Balaban J connectivity index is 1.23. The second-order valence-electron chi connectivity index (χ2n) is 8.11. The maximum atomic E-state index is 6.13. The summed E-state index contributed by atoms with van der Waals surface area (Å²) in [5.41, 5.74) is 3.32. The standard InChI is InChI=1S/C22H33N5O2/c1-16-6-7-19-20(13-16)26-21(25-19)14-24-22(23-2)27-10-8-17(9-11-27)29-15-18-5-3-4-12-28-18/h6-7,13,17-18H,3-5,8-12,14-15H2,1-2H3,(H,23,24)(H,25,26). The zero-order valence-corrected chi connectivity index (χ0v) is 17.6. The number of nitrogens with zero attached hydrogens (tertiary/aromatic N) is 3. The van der Waals surface area contributed by atoms with Crippen LogP contribution in [0, 0.1) is 6.92 Å². The Kier molecular flexibility index (Phi) is 6.67. The number of H-pyrrole nitrogens is 1. The second-order valence-corrected chi connectivity index (χ2v) is 8.11. The van der Waals surface area contributed by atoms with Crippen LogP contribution >= 0.6 is 0 Å². The molecule has 1 aromatic carbocycles. The van der Waals surface area contributed by atoms with E-state index in [0.717, 1.165) is 68.4 Å². The van der Waals surface area contributed by atoms with Crippen LogP contribution < -0.4 is 5.32 Å². The monoisotopic (exact) mass is 399 g/mol. The minimum Gasteiger partial charge on any atom is -0.376 e. The smallest absolute Gasteiger partial charge is 0.194 e. The Hall–Kier alpha value is -2.12. The number of ether oxygens (including phenoxy) is 2. The van der Waals surface area contributed by atoms with Gasteiger partial charge in [0.1, 0.15) is 5.82 Å². The Morgan fingerprint density at radius 3 is 2.93 bits per heavy atom. The summed E-state index contributed by atoms with van der Waals surface area (Å²) < 4.78 is 11.9. The predicted molar refractivity (Wildman–Crippen MR) is 115 cm³/mol. The van der Waals surface area contributed by atoms with Gasteiger partial charge in [-0.3, -0.25) is 4.99 Å². The molecule has 0 spiro atoms. The van der Waals surface area contributed by atoms with E-state index >= 15 is 0 Å². The van der Waals surface area contributed by atoms with Crippen molar-refractivity contribution in [1.82, 2.24) is 20.2 Å². The third-order valence-corrected chi connectivity index (χ3v) is 5.85. The highest BCUT2D eigenvalue weighted by atomic mass is 16.5. The number of benzene rings is 1. The van der Waals surface area contributed by atoms with Crippen molar-refractivity contribution in [2.45, 2.75) is 57.8 Å². The summed E-state index contributed by atoms with van der Waals surface area (Å²) in [6, 6.07) is 6.28. The van der Waals surface area contributed by atoms with Gasteiger partial charge in [0.2, 0.25) is 0 Å². The molecule has 2 N–H and O–H groups in total. The molecule has 7 heteroatoms. The molecule has 4 rings (SSSR count). The molecule has 0 bridgehead atoms. The Bertz CT molecular complexity index is 820. The van der Waals surface area contributed by atoms with Crippen LogP contribution in [0.2, 0.25) is 0 Å². The van der Waals surface area contributed by atoms with Crippen molar-refractivity contribution in [3.05, 3.63) is 29.6 Å². The lowest BCUT2D eigenvalue weighted by Crippen LogP contribution is -2.47. The lowest BCUT2D eigenvalue weighted by molar-refractivity contribution is -0.0721. The van der Waals surface area contributed by atoms with Gasteiger partial charge in [0.05, 0.1) is 36.4 Å². The maximum absolute atomic E-state index is 6.13. The van der Waals surface area contributed by atoms with E-state index < -0.39 is 0 Å². The van der Waals surface area contributed by atoms with Crippen LogP contribution in [-0.4, -0.2) is 66.4 Å². The van der Waals surface area contributed by atoms with Gasteiger partial charge in [-0.25, -0.2) is 4.98 Å². The van der Waals surface area contributed by atoms with E-state index in [2.05, 4.69) is 50.3 Å². The fourth-order valence-electron chi connectivity index (χ4n) is 4.17. The molecule has 1 atom stereocenters. The Labute approximate surface area is 172 Å². The highest BCUT2D eigenvalue weighted by molar-refractivity contribution is 5.80. The Morgan fingerprint density at radius 2 is 2.17 bits per heavy atom. The molecule has 29 heavy (non-hydrogen) atoms. The third kappa shape index (κ3) is 5.28. The van der Waals surface area contributed by atoms with Crippen molar-refractivity contribution in [3.8, 4) is 0 Å². The van der Waals surface area contributed by atoms with Crippen molar-refractivity contribution in [1.29, 1.82) is 0 Å². The number of aromatic nitrogens is 2. The van der Waals surface area contributed by atoms with Crippen molar-refractivity contribution < 1.29 is 9.47 Å². The topological polar surface area (TPSA) is 74.8 Å². The largest absolute Gasteiger partial charge is 0.376 e.